The SMILES string of the molecule is CC(S)C(=O)NC(C1CC1)C1CC1. The second-order valence-electron chi connectivity index (χ2n) is 4.39. The second-order valence-corrected chi connectivity index (χ2v) is 5.16. The normalized spacial score (nSPS) is 24.5. The van der Waals surface area contributed by atoms with Gasteiger partial charge in [-0.2, -0.15) is 12.6 Å². The first-order chi connectivity index (χ1) is 6.18. The van der Waals surface area contributed by atoms with Gasteiger partial charge in [-0.25, -0.2) is 0 Å². The summed E-state index contributed by atoms with van der Waals surface area (Å²) in [4.78, 5) is 11.4. The van der Waals surface area contributed by atoms with Crippen LogP contribution >= 0.6 is 12.6 Å². The Morgan fingerprint density at radius 1 is 1.31 bits per heavy atom. The number of carbonyl (C=O) groups excluding carboxylic acids is 1. The van der Waals surface area contributed by atoms with E-state index in [1.54, 1.807) is 0 Å². The van der Waals surface area contributed by atoms with E-state index < -0.39 is 0 Å². The molecule has 2 saturated carbocycles. The fourth-order valence-corrected chi connectivity index (χ4v) is 1.89. The number of hydrogen-bond donors (Lipinski definition) is 2. The molecule has 0 radical (unpaired) electrons. The van der Waals surface area contributed by atoms with Gasteiger partial charge in [-0.15, -0.1) is 0 Å². The molecule has 0 spiro atoms. The number of rotatable bonds is 4. The molecule has 74 valence electrons. The highest BCUT2D eigenvalue weighted by Crippen LogP contribution is 2.44. The van der Waals surface area contributed by atoms with Gasteiger partial charge in [0.25, 0.3) is 0 Å². The third kappa shape index (κ3) is 2.39. The molecule has 2 nitrogen and oxygen atoms in total. The second kappa shape index (κ2) is 3.52. The molecule has 1 unspecified atom stereocenters. The van der Waals surface area contributed by atoms with Crippen LogP contribution in [0.4, 0.5) is 0 Å². The van der Waals surface area contributed by atoms with Crippen molar-refractivity contribution in [1.29, 1.82) is 0 Å². The average Bonchev–Trinajstić information content (AvgIpc) is 2.90. The topological polar surface area (TPSA) is 29.1 Å². The van der Waals surface area contributed by atoms with Crippen LogP contribution in [0.3, 0.4) is 0 Å². The molecule has 0 saturated heterocycles. The summed E-state index contributed by atoms with van der Waals surface area (Å²) in [7, 11) is 0. The van der Waals surface area contributed by atoms with Crippen LogP contribution < -0.4 is 5.32 Å². The van der Waals surface area contributed by atoms with Gasteiger partial charge >= 0.3 is 0 Å². The molecule has 1 amide bonds. The summed E-state index contributed by atoms with van der Waals surface area (Å²) < 4.78 is 0. The lowest BCUT2D eigenvalue weighted by Crippen LogP contribution is -2.41. The molecule has 2 fully saturated rings. The Morgan fingerprint density at radius 3 is 2.08 bits per heavy atom. The molecular weight excluding hydrogens is 182 g/mol. The van der Waals surface area contributed by atoms with Crippen molar-refractivity contribution in [3.05, 3.63) is 0 Å². The van der Waals surface area contributed by atoms with E-state index in [9.17, 15) is 4.79 Å². The van der Waals surface area contributed by atoms with Gasteiger partial charge in [-0.1, -0.05) is 0 Å². The smallest absolute Gasteiger partial charge is 0.232 e. The molecule has 0 heterocycles. The molecule has 2 rings (SSSR count). The minimum atomic E-state index is -0.167. The standard InChI is InChI=1S/C10H17NOS/c1-6(13)10(12)11-9(7-2-3-7)8-4-5-8/h6-9,13H,2-5H2,1H3,(H,11,12). The summed E-state index contributed by atoms with van der Waals surface area (Å²) in [5.41, 5.74) is 0. The van der Waals surface area contributed by atoms with Crippen LogP contribution in [0.5, 0.6) is 0 Å². The Balaban J connectivity index is 1.85. The van der Waals surface area contributed by atoms with Crippen LogP contribution in [0, 0.1) is 11.8 Å². The third-order valence-corrected chi connectivity index (χ3v) is 3.18. The molecule has 13 heavy (non-hydrogen) atoms. The Bertz CT molecular complexity index is 197. The van der Waals surface area contributed by atoms with Crippen molar-refractivity contribution in [2.45, 2.75) is 43.9 Å². The highest BCUT2D eigenvalue weighted by molar-refractivity contribution is 7.81. The van der Waals surface area contributed by atoms with Crippen molar-refractivity contribution in [3.63, 3.8) is 0 Å². The zero-order valence-corrected chi connectivity index (χ0v) is 8.89. The molecule has 0 bridgehead atoms. The lowest BCUT2D eigenvalue weighted by atomic mass is 10.1. The zero-order chi connectivity index (χ0) is 9.42. The minimum Gasteiger partial charge on any atom is -0.352 e. The number of thiol groups is 1. The summed E-state index contributed by atoms with van der Waals surface area (Å²) in [6.45, 7) is 1.83. The predicted molar refractivity (Wildman–Crippen MR) is 55.8 cm³/mol. The van der Waals surface area contributed by atoms with Gasteiger partial charge in [0.2, 0.25) is 5.91 Å². The van der Waals surface area contributed by atoms with Gasteiger partial charge in [0.1, 0.15) is 0 Å². The first-order valence-corrected chi connectivity index (χ1v) is 5.68. The molecule has 0 aromatic carbocycles. The Kier molecular flexibility index (Phi) is 2.54. The van der Waals surface area contributed by atoms with E-state index in [2.05, 4.69) is 17.9 Å². The van der Waals surface area contributed by atoms with Crippen LogP contribution in [0.15, 0.2) is 0 Å². The Morgan fingerprint density at radius 2 is 1.77 bits per heavy atom. The van der Waals surface area contributed by atoms with Gasteiger partial charge in [-0.3, -0.25) is 4.79 Å². The first kappa shape index (κ1) is 9.38. The number of carbonyl (C=O) groups is 1. The van der Waals surface area contributed by atoms with Crippen LogP contribution in [0.2, 0.25) is 0 Å². The quantitative estimate of drug-likeness (QED) is 0.662. The molecule has 1 atom stereocenters. The Labute approximate surface area is 84.9 Å². The molecule has 3 heteroatoms. The maximum absolute atomic E-state index is 11.4. The highest BCUT2D eigenvalue weighted by Gasteiger charge is 2.42. The molecule has 0 aliphatic heterocycles. The van der Waals surface area contributed by atoms with E-state index in [4.69, 9.17) is 0 Å². The fraction of sp³-hybridized carbons (Fsp3) is 0.900. The van der Waals surface area contributed by atoms with E-state index >= 15 is 0 Å². The van der Waals surface area contributed by atoms with Gasteiger partial charge in [-0.05, 0) is 44.4 Å². The maximum Gasteiger partial charge on any atom is 0.232 e. The molecule has 0 aromatic rings. The van der Waals surface area contributed by atoms with Crippen LogP contribution in [0.1, 0.15) is 32.6 Å². The lowest BCUT2D eigenvalue weighted by Gasteiger charge is -2.18. The first-order valence-electron chi connectivity index (χ1n) is 5.17. The summed E-state index contributed by atoms with van der Waals surface area (Å²) in [6.07, 6.45) is 5.23. The van der Waals surface area contributed by atoms with Crippen molar-refractivity contribution in [3.8, 4) is 0 Å². The highest BCUT2D eigenvalue weighted by atomic mass is 32.1. The fourth-order valence-electron chi connectivity index (χ4n) is 1.82. The number of amides is 1. The van der Waals surface area contributed by atoms with Gasteiger partial charge in [0.15, 0.2) is 0 Å². The van der Waals surface area contributed by atoms with Gasteiger partial charge < -0.3 is 5.32 Å². The monoisotopic (exact) mass is 199 g/mol. The summed E-state index contributed by atoms with van der Waals surface area (Å²) >= 11 is 4.13. The van der Waals surface area contributed by atoms with E-state index in [1.807, 2.05) is 6.92 Å². The van der Waals surface area contributed by atoms with Crippen molar-refractivity contribution in [2.24, 2.45) is 11.8 Å². The molecular formula is C10H17NOS. The van der Waals surface area contributed by atoms with E-state index in [0.29, 0.717) is 6.04 Å². The van der Waals surface area contributed by atoms with Crippen molar-refractivity contribution in [2.75, 3.05) is 0 Å². The van der Waals surface area contributed by atoms with Gasteiger partial charge in [0, 0.05) is 6.04 Å². The summed E-state index contributed by atoms with van der Waals surface area (Å²) in [5.74, 6) is 1.67. The zero-order valence-electron chi connectivity index (χ0n) is 7.99. The van der Waals surface area contributed by atoms with Crippen LogP contribution in [-0.4, -0.2) is 17.2 Å². The van der Waals surface area contributed by atoms with Crippen LogP contribution in [-0.2, 0) is 4.79 Å². The largest absolute Gasteiger partial charge is 0.352 e. The predicted octanol–water partition coefficient (Wildman–Crippen LogP) is 1.61. The summed E-state index contributed by atoms with van der Waals surface area (Å²) in [6, 6.07) is 0.474. The van der Waals surface area contributed by atoms with Gasteiger partial charge in [0.05, 0.1) is 5.25 Å². The van der Waals surface area contributed by atoms with Crippen molar-refractivity contribution in [1.82, 2.24) is 5.32 Å². The molecule has 2 aliphatic carbocycles. The number of hydrogen-bond acceptors (Lipinski definition) is 2. The molecule has 2 aliphatic rings. The average molecular weight is 199 g/mol. The third-order valence-electron chi connectivity index (χ3n) is 2.95. The maximum atomic E-state index is 11.4. The van der Waals surface area contributed by atoms with E-state index in [0.717, 1.165) is 11.8 Å². The molecule has 0 aromatic heterocycles. The van der Waals surface area contributed by atoms with Crippen LogP contribution in [0.25, 0.3) is 0 Å². The van der Waals surface area contributed by atoms with Crippen molar-refractivity contribution < 1.29 is 4.79 Å². The number of nitrogens with one attached hydrogen (secondary N) is 1. The lowest BCUT2D eigenvalue weighted by molar-refractivity contribution is -0.121. The van der Waals surface area contributed by atoms with E-state index in [1.165, 1.54) is 25.7 Å². The summed E-state index contributed by atoms with van der Waals surface area (Å²) in [5, 5.41) is 2.96. The Hall–Kier alpha value is -0.180. The molecule has 1 N–H and O–H groups in total. The van der Waals surface area contributed by atoms with E-state index in [-0.39, 0.29) is 11.2 Å². The van der Waals surface area contributed by atoms with Crippen molar-refractivity contribution >= 4 is 18.5 Å². The minimum absolute atomic E-state index is 0.104.